The molecule has 0 spiro atoms. The van der Waals surface area contributed by atoms with E-state index in [1.165, 1.54) is 12.4 Å². The van der Waals surface area contributed by atoms with Gasteiger partial charge < -0.3 is 5.11 Å². The molecule has 0 fully saturated rings. The summed E-state index contributed by atoms with van der Waals surface area (Å²) in [5, 5.41) is 12.4. The molecule has 0 aromatic carbocycles. The monoisotopic (exact) mass is 127 g/mol. The molecule has 0 aromatic heterocycles. The SMILES string of the molecule is O=C(O)N1N=CC=CN1. The Labute approximate surface area is 51.2 Å². The summed E-state index contributed by atoms with van der Waals surface area (Å²) >= 11 is 0. The Morgan fingerprint density at radius 2 is 2.56 bits per heavy atom. The summed E-state index contributed by atoms with van der Waals surface area (Å²) in [6.45, 7) is 0. The molecule has 2 N–H and O–H groups in total. The molecule has 5 nitrogen and oxygen atoms in total. The Morgan fingerprint density at radius 1 is 1.78 bits per heavy atom. The lowest BCUT2D eigenvalue weighted by Crippen LogP contribution is -2.35. The van der Waals surface area contributed by atoms with Crippen LogP contribution < -0.4 is 5.43 Å². The molecule has 0 unspecified atom stereocenters. The summed E-state index contributed by atoms with van der Waals surface area (Å²) in [7, 11) is 0. The van der Waals surface area contributed by atoms with Crippen molar-refractivity contribution < 1.29 is 9.90 Å². The van der Waals surface area contributed by atoms with Crippen LogP contribution in [0.1, 0.15) is 0 Å². The number of nitrogens with zero attached hydrogens (tertiary/aromatic N) is 2. The maximum absolute atomic E-state index is 10.1. The quantitative estimate of drug-likeness (QED) is 0.480. The first-order chi connectivity index (χ1) is 4.30. The van der Waals surface area contributed by atoms with E-state index in [9.17, 15) is 4.79 Å². The van der Waals surface area contributed by atoms with E-state index in [0.29, 0.717) is 5.12 Å². The summed E-state index contributed by atoms with van der Waals surface area (Å²) in [6, 6.07) is 0. The predicted octanol–water partition coefficient (Wildman–Crippen LogP) is -0.0159. The first kappa shape index (κ1) is 5.61. The minimum atomic E-state index is -1.13. The van der Waals surface area contributed by atoms with Crippen LogP contribution in [-0.2, 0) is 0 Å². The minimum Gasteiger partial charge on any atom is -0.462 e. The summed E-state index contributed by atoms with van der Waals surface area (Å²) in [6.07, 6.45) is 3.32. The van der Waals surface area contributed by atoms with E-state index in [4.69, 9.17) is 5.11 Å². The first-order valence-corrected chi connectivity index (χ1v) is 2.29. The Hall–Kier alpha value is -1.52. The van der Waals surface area contributed by atoms with Gasteiger partial charge in [-0.05, 0) is 6.08 Å². The largest absolute Gasteiger partial charge is 0.462 e. The van der Waals surface area contributed by atoms with E-state index in [-0.39, 0.29) is 0 Å². The maximum Gasteiger partial charge on any atom is 0.447 e. The molecule has 0 aliphatic carbocycles. The number of allylic oxidation sites excluding steroid dienone is 1. The van der Waals surface area contributed by atoms with Crippen molar-refractivity contribution in [3.8, 4) is 0 Å². The number of amides is 1. The standard InChI is InChI=1S/C4H5N3O2/c8-4(9)7-5-2-1-3-6-7/h1-3,5H,(H,8,9). The lowest BCUT2D eigenvalue weighted by molar-refractivity contribution is 0.132. The number of hydrazone groups is 1. The highest BCUT2D eigenvalue weighted by Crippen LogP contribution is 1.87. The number of hydrogen-bond donors (Lipinski definition) is 2. The number of nitrogens with one attached hydrogen (secondary N) is 1. The normalized spacial score (nSPS) is 15.3. The van der Waals surface area contributed by atoms with Crippen molar-refractivity contribution in [3.63, 3.8) is 0 Å². The van der Waals surface area contributed by atoms with Crippen LogP contribution in [0.5, 0.6) is 0 Å². The molecule has 48 valence electrons. The fourth-order valence-electron chi connectivity index (χ4n) is 0.400. The second-order valence-electron chi connectivity index (χ2n) is 1.35. The Balaban J connectivity index is 2.56. The van der Waals surface area contributed by atoms with Gasteiger partial charge in [0.05, 0.1) is 6.21 Å². The molecule has 9 heavy (non-hydrogen) atoms. The van der Waals surface area contributed by atoms with Crippen molar-refractivity contribution in [1.82, 2.24) is 10.5 Å². The number of carboxylic acid groups (broad SMARTS) is 1. The van der Waals surface area contributed by atoms with E-state index >= 15 is 0 Å². The topological polar surface area (TPSA) is 64.9 Å². The van der Waals surface area contributed by atoms with Crippen molar-refractivity contribution in [2.24, 2.45) is 5.10 Å². The average molecular weight is 127 g/mol. The second kappa shape index (κ2) is 2.17. The third-order valence-electron chi connectivity index (χ3n) is 0.742. The van der Waals surface area contributed by atoms with Crippen molar-refractivity contribution in [3.05, 3.63) is 12.3 Å². The Morgan fingerprint density at radius 3 is 2.89 bits per heavy atom. The molecule has 5 heteroatoms. The molecule has 0 saturated heterocycles. The summed E-state index contributed by atoms with van der Waals surface area (Å²) in [5.41, 5.74) is 2.37. The zero-order chi connectivity index (χ0) is 6.69. The molecule has 1 aliphatic heterocycles. The van der Waals surface area contributed by atoms with Gasteiger partial charge in [0, 0.05) is 6.20 Å². The lowest BCUT2D eigenvalue weighted by atomic mass is 10.6. The van der Waals surface area contributed by atoms with Gasteiger partial charge in [-0.1, -0.05) is 0 Å². The molecule has 0 saturated carbocycles. The van der Waals surface area contributed by atoms with E-state index in [0.717, 1.165) is 0 Å². The van der Waals surface area contributed by atoms with E-state index in [1.807, 2.05) is 0 Å². The molecule has 1 heterocycles. The second-order valence-corrected chi connectivity index (χ2v) is 1.35. The Bertz CT molecular complexity index is 175. The Kier molecular flexibility index (Phi) is 1.35. The molecule has 0 aromatic rings. The molecule has 1 rings (SSSR count). The highest BCUT2D eigenvalue weighted by atomic mass is 16.4. The van der Waals surface area contributed by atoms with Crippen LogP contribution in [0.25, 0.3) is 0 Å². The lowest BCUT2D eigenvalue weighted by Gasteiger charge is -2.13. The van der Waals surface area contributed by atoms with Gasteiger partial charge in [-0.25, -0.2) is 4.79 Å². The minimum absolute atomic E-state index is 0.708. The van der Waals surface area contributed by atoms with Crippen LogP contribution >= 0.6 is 0 Å². The molecule has 0 atom stereocenters. The van der Waals surface area contributed by atoms with E-state index in [2.05, 4.69) is 10.5 Å². The third-order valence-corrected chi connectivity index (χ3v) is 0.742. The number of hydrogen-bond acceptors (Lipinski definition) is 3. The summed E-state index contributed by atoms with van der Waals surface area (Å²) in [5.74, 6) is 0. The number of carbonyl (C=O) groups is 1. The first-order valence-electron chi connectivity index (χ1n) is 2.29. The van der Waals surface area contributed by atoms with Gasteiger partial charge in [0.15, 0.2) is 0 Å². The van der Waals surface area contributed by atoms with Gasteiger partial charge in [0.2, 0.25) is 0 Å². The predicted molar refractivity (Wildman–Crippen MR) is 30.6 cm³/mol. The molecule has 1 aliphatic rings. The molecule has 0 radical (unpaired) electrons. The van der Waals surface area contributed by atoms with Gasteiger partial charge >= 0.3 is 6.09 Å². The maximum atomic E-state index is 10.1. The van der Waals surface area contributed by atoms with Crippen molar-refractivity contribution in [2.45, 2.75) is 0 Å². The van der Waals surface area contributed by atoms with Crippen LogP contribution in [-0.4, -0.2) is 22.5 Å². The third kappa shape index (κ3) is 1.18. The average Bonchev–Trinajstić information content (AvgIpc) is 1.90. The van der Waals surface area contributed by atoms with Crippen molar-refractivity contribution in [2.75, 3.05) is 0 Å². The zero-order valence-corrected chi connectivity index (χ0v) is 4.48. The van der Waals surface area contributed by atoms with Crippen LogP contribution in [0.2, 0.25) is 0 Å². The van der Waals surface area contributed by atoms with Gasteiger partial charge in [-0.15, -0.1) is 5.12 Å². The highest BCUT2D eigenvalue weighted by Gasteiger charge is 2.06. The summed E-state index contributed by atoms with van der Waals surface area (Å²) in [4.78, 5) is 10.1. The van der Waals surface area contributed by atoms with Gasteiger partial charge in [-0.2, -0.15) is 5.10 Å². The zero-order valence-electron chi connectivity index (χ0n) is 4.48. The van der Waals surface area contributed by atoms with Gasteiger partial charge in [-0.3, -0.25) is 5.43 Å². The van der Waals surface area contributed by atoms with Gasteiger partial charge in [0.1, 0.15) is 0 Å². The molecular formula is C4H5N3O2. The van der Waals surface area contributed by atoms with E-state index in [1.54, 1.807) is 6.08 Å². The number of hydrazine groups is 1. The number of rotatable bonds is 0. The van der Waals surface area contributed by atoms with Crippen LogP contribution in [0.4, 0.5) is 4.79 Å². The van der Waals surface area contributed by atoms with Gasteiger partial charge in [0.25, 0.3) is 0 Å². The van der Waals surface area contributed by atoms with Crippen molar-refractivity contribution in [1.29, 1.82) is 0 Å². The van der Waals surface area contributed by atoms with Crippen LogP contribution in [0.3, 0.4) is 0 Å². The fraction of sp³-hybridized carbons (Fsp3) is 0. The summed E-state index contributed by atoms with van der Waals surface area (Å²) < 4.78 is 0. The van der Waals surface area contributed by atoms with E-state index < -0.39 is 6.09 Å². The molecular weight excluding hydrogens is 122 g/mol. The van der Waals surface area contributed by atoms with Crippen LogP contribution in [0, 0.1) is 0 Å². The van der Waals surface area contributed by atoms with Crippen molar-refractivity contribution >= 4 is 12.3 Å². The fourth-order valence-corrected chi connectivity index (χ4v) is 0.400. The molecule has 0 bridgehead atoms. The molecule has 1 amide bonds. The highest BCUT2D eigenvalue weighted by molar-refractivity contribution is 5.74. The van der Waals surface area contributed by atoms with Crippen LogP contribution in [0.15, 0.2) is 17.4 Å². The smallest absolute Gasteiger partial charge is 0.447 e.